The van der Waals surface area contributed by atoms with Crippen molar-refractivity contribution in [2.45, 2.75) is 13.5 Å². The molecule has 0 unspecified atom stereocenters. The Morgan fingerprint density at radius 3 is 2.22 bits per heavy atom. The number of para-hydroxylation sites is 1. The molecule has 0 spiro atoms. The molecule has 0 saturated carbocycles. The minimum absolute atomic E-state index is 0.576. The summed E-state index contributed by atoms with van der Waals surface area (Å²) in [4.78, 5) is 4.71. The summed E-state index contributed by atoms with van der Waals surface area (Å²) in [5.74, 6) is 1.81. The molecule has 2 heterocycles. The van der Waals surface area contributed by atoms with Crippen molar-refractivity contribution >= 4 is 21.8 Å². The molecular formula is C22H22N2O3. The number of benzene rings is 2. The lowest BCUT2D eigenvalue weighted by Crippen LogP contribution is -1.99. The molecule has 2 aromatic carbocycles. The van der Waals surface area contributed by atoms with Gasteiger partial charge in [-0.05, 0) is 31.2 Å². The fourth-order valence-corrected chi connectivity index (χ4v) is 3.76. The lowest BCUT2D eigenvalue weighted by molar-refractivity contribution is 0.324. The van der Waals surface area contributed by atoms with Gasteiger partial charge in [0.15, 0.2) is 11.5 Å². The number of methoxy groups -OCH3 is 3. The van der Waals surface area contributed by atoms with E-state index >= 15 is 0 Å². The van der Waals surface area contributed by atoms with Crippen molar-refractivity contribution in [3.63, 3.8) is 0 Å². The highest BCUT2D eigenvalue weighted by molar-refractivity contribution is 6.11. The molecule has 5 heteroatoms. The van der Waals surface area contributed by atoms with Crippen molar-refractivity contribution in [3.05, 3.63) is 48.7 Å². The zero-order valence-corrected chi connectivity index (χ0v) is 15.9. The number of fused-ring (bicyclic) bond motifs is 3. The Morgan fingerprint density at radius 2 is 1.59 bits per heavy atom. The van der Waals surface area contributed by atoms with Gasteiger partial charge in [-0.2, -0.15) is 0 Å². The van der Waals surface area contributed by atoms with Crippen LogP contribution in [0.3, 0.4) is 0 Å². The quantitative estimate of drug-likeness (QED) is 0.506. The normalized spacial score (nSPS) is 11.1. The maximum Gasteiger partial charge on any atom is 0.203 e. The number of nitrogens with zero attached hydrogens (tertiary/aromatic N) is 2. The molecule has 0 aliphatic carbocycles. The van der Waals surface area contributed by atoms with Crippen LogP contribution in [0.5, 0.6) is 17.2 Å². The molecule has 5 nitrogen and oxygen atoms in total. The van der Waals surface area contributed by atoms with Crippen LogP contribution in [0.15, 0.2) is 48.7 Å². The average Bonchev–Trinajstić information content (AvgIpc) is 3.06. The fraction of sp³-hybridized carbons (Fsp3) is 0.227. The summed E-state index contributed by atoms with van der Waals surface area (Å²) < 4.78 is 18.8. The van der Waals surface area contributed by atoms with E-state index in [0.29, 0.717) is 17.2 Å². The Morgan fingerprint density at radius 1 is 0.889 bits per heavy atom. The Kier molecular flexibility index (Phi) is 4.36. The van der Waals surface area contributed by atoms with Crippen molar-refractivity contribution < 1.29 is 14.2 Å². The second-order valence-electron chi connectivity index (χ2n) is 6.23. The summed E-state index contributed by atoms with van der Waals surface area (Å²) in [5, 5.41) is 2.41. The first-order chi connectivity index (χ1) is 13.2. The van der Waals surface area contributed by atoms with Gasteiger partial charge in [0.1, 0.15) is 0 Å². The third-order valence-corrected chi connectivity index (χ3v) is 4.93. The molecule has 4 aromatic rings. The zero-order valence-electron chi connectivity index (χ0n) is 15.9. The van der Waals surface area contributed by atoms with Crippen molar-refractivity contribution in [1.29, 1.82) is 0 Å². The van der Waals surface area contributed by atoms with Crippen LogP contribution < -0.4 is 14.2 Å². The first-order valence-corrected chi connectivity index (χ1v) is 8.89. The molecule has 0 aliphatic rings. The van der Waals surface area contributed by atoms with E-state index < -0.39 is 0 Å². The lowest BCUT2D eigenvalue weighted by atomic mass is 10.1. The Hall–Kier alpha value is -3.21. The van der Waals surface area contributed by atoms with Crippen LogP contribution >= 0.6 is 0 Å². The third kappa shape index (κ3) is 2.58. The Balaban J connectivity index is 2.08. The number of hydrogen-bond donors (Lipinski definition) is 0. The van der Waals surface area contributed by atoms with E-state index in [0.717, 1.165) is 23.3 Å². The first-order valence-electron chi connectivity index (χ1n) is 8.89. The highest BCUT2D eigenvalue weighted by atomic mass is 16.5. The van der Waals surface area contributed by atoms with Crippen LogP contribution in [-0.2, 0) is 6.54 Å². The minimum atomic E-state index is 0.576. The maximum absolute atomic E-state index is 5.53. The molecule has 0 bridgehead atoms. The van der Waals surface area contributed by atoms with Crippen LogP contribution in [0.4, 0.5) is 0 Å². The van der Waals surface area contributed by atoms with Gasteiger partial charge in [0.05, 0.1) is 32.5 Å². The molecule has 138 valence electrons. The van der Waals surface area contributed by atoms with Crippen molar-refractivity contribution in [3.8, 4) is 28.5 Å². The summed E-state index contributed by atoms with van der Waals surface area (Å²) in [6.07, 6.45) is 1.85. The van der Waals surface area contributed by atoms with Gasteiger partial charge >= 0.3 is 0 Å². The van der Waals surface area contributed by atoms with E-state index in [9.17, 15) is 0 Å². The molecule has 0 amide bonds. The van der Waals surface area contributed by atoms with Crippen molar-refractivity contribution in [2.24, 2.45) is 0 Å². The van der Waals surface area contributed by atoms with Crippen LogP contribution in [-0.4, -0.2) is 30.9 Å². The Labute approximate surface area is 158 Å². The highest BCUT2D eigenvalue weighted by Crippen LogP contribution is 2.43. The third-order valence-electron chi connectivity index (χ3n) is 4.93. The molecule has 0 atom stereocenters. The summed E-state index contributed by atoms with van der Waals surface area (Å²) >= 11 is 0. The van der Waals surface area contributed by atoms with Gasteiger partial charge in [-0.15, -0.1) is 0 Å². The van der Waals surface area contributed by atoms with Gasteiger partial charge in [0.2, 0.25) is 5.75 Å². The fourth-order valence-electron chi connectivity index (χ4n) is 3.76. The van der Waals surface area contributed by atoms with Crippen LogP contribution in [0.25, 0.3) is 33.1 Å². The number of rotatable bonds is 5. The van der Waals surface area contributed by atoms with Gasteiger partial charge in [-0.25, -0.2) is 0 Å². The van der Waals surface area contributed by atoms with Crippen LogP contribution in [0, 0.1) is 0 Å². The second-order valence-corrected chi connectivity index (χ2v) is 6.23. The SMILES string of the molecule is CCn1c2ccccc2c2ccnc(-c3cc(OC)c(OC)c(OC)c3)c21. The molecule has 4 rings (SSSR count). The maximum atomic E-state index is 5.53. The van der Waals surface area contributed by atoms with Crippen LogP contribution in [0.2, 0.25) is 0 Å². The molecule has 0 aliphatic heterocycles. The second kappa shape index (κ2) is 6.83. The van der Waals surface area contributed by atoms with Crippen molar-refractivity contribution in [1.82, 2.24) is 9.55 Å². The van der Waals surface area contributed by atoms with Crippen LogP contribution in [0.1, 0.15) is 6.92 Å². The van der Waals surface area contributed by atoms with E-state index in [1.165, 1.54) is 16.3 Å². The highest BCUT2D eigenvalue weighted by Gasteiger charge is 2.19. The number of ether oxygens (including phenoxy) is 3. The molecule has 0 saturated heterocycles. The number of pyridine rings is 1. The van der Waals surface area contributed by atoms with E-state index in [2.05, 4.69) is 41.8 Å². The van der Waals surface area contributed by atoms with Gasteiger partial charge in [-0.1, -0.05) is 18.2 Å². The largest absolute Gasteiger partial charge is 0.493 e. The predicted molar refractivity (Wildman–Crippen MR) is 108 cm³/mol. The first kappa shape index (κ1) is 17.2. The van der Waals surface area contributed by atoms with Gasteiger partial charge < -0.3 is 18.8 Å². The lowest BCUT2D eigenvalue weighted by Gasteiger charge is -2.15. The topological polar surface area (TPSA) is 45.5 Å². The summed E-state index contributed by atoms with van der Waals surface area (Å²) in [6, 6.07) is 14.4. The Bertz CT molecular complexity index is 1110. The average molecular weight is 362 g/mol. The van der Waals surface area contributed by atoms with Crippen molar-refractivity contribution in [2.75, 3.05) is 21.3 Å². The number of hydrogen-bond acceptors (Lipinski definition) is 4. The molecule has 0 radical (unpaired) electrons. The summed E-state index contributed by atoms with van der Waals surface area (Å²) in [7, 11) is 4.85. The summed E-state index contributed by atoms with van der Waals surface area (Å²) in [5.41, 5.74) is 4.13. The molecule has 0 fully saturated rings. The van der Waals surface area contributed by atoms with Gasteiger partial charge in [0, 0.05) is 34.6 Å². The van der Waals surface area contributed by atoms with Gasteiger partial charge in [-0.3, -0.25) is 4.98 Å². The molecule has 27 heavy (non-hydrogen) atoms. The van der Waals surface area contributed by atoms with Gasteiger partial charge in [0.25, 0.3) is 0 Å². The van der Waals surface area contributed by atoms with E-state index in [1.54, 1.807) is 21.3 Å². The monoisotopic (exact) mass is 362 g/mol. The standard InChI is InChI=1S/C22H22N2O3/c1-5-24-17-9-7-6-8-15(17)16-10-11-23-20(21(16)24)14-12-18(25-2)22(27-4)19(13-14)26-3/h6-13H,5H2,1-4H3. The smallest absolute Gasteiger partial charge is 0.203 e. The predicted octanol–water partition coefficient (Wildman–Crippen LogP) is 4.90. The zero-order chi connectivity index (χ0) is 19.0. The van der Waals surface area contributed by atoms with E-state index in [4.69, 9.17) is 19.2 Å². The minimum Gasteiger partial charge on any atom is -0.493 e. The molecule has 2 aromatic heterocycles. The van der Waals surface area contributed by atoms with E-state index in [1.807, 2.05) is 18.3 Å². The van der Waals surface area contributed by atoms with E-state index in [-0.39, 0.29) is 0 Å². The number of aryl methyl sites for hydroxylation is 1. The number of aromatic nitrogens is 2. The summed E-state index contributed by atoms with van der Waals surface area (Å²) in [6.45, 7) is 3.00. The molecule has 0 N–H and O–H groups in total. The molecular weight excluding hydrogens is 340 g/mol.